The Labute approximate surface area is 167 Å². The molecule has 0 aliphatic carbocycles. The van der Waals surface area contributed by atoms with Gasteiger partial charge in [0.05, 0.1) is 12.8 Å². The lowest BCUT2D eigenvalue weighted by Crippen LogP contribution is -2.51. The van der Waals surface area contributed by atoms with E-state index in [9.17, 15) is 9.59 Å². The molecule has 142 valence electrons. The Bertz CT molecular complexity index is 834. The predicted octanol–water partition coefficient (Wildman–Crippen LogP) is 3.76. The van der Waals surface area contributed by atoms with Crippen molar-refractivity contribution in [2.75, 3.05) is 38.6 Å². The van der Waals surface area contributed by atoms with Crippen molar-refractivity contribution in [1.29, 1.82) is 0 Å². The zero-order valence-electron chi connectivity index (χ0n) is 15.4. The highest BCUT2D eigenvalue weighted by Gasteiger charge is 2.25. The highest BCUT2D eigenvalue weighted by molar-refractivity contribution is 9.10. The molecule has 1 aliphatic heterocycles. The number of nitrogens with zero attached hydrogens (tertiary/aromatic N) is 2. The molecule has 3 amide bonds. The number of carbonyl (C=O) groups is 2. The van der Waals surface area contributed by atoms with Gasteiger partial charge in [0.2, 0.25) is 0 Å². The molecule has 0 bridgehead atoms. The molecule has 0 spiro atoms. The van der Waals surface area contributed by atoms with E-state index in [0.717, 1.165) is 10.0 Å². The molecule has 6 nitrogen and oxygen atoms in total. The maximum Gasteiger partial charge on any atom is 0.322 e. The molecule has 2 aromatic rings. The molecule has 1 N–H and O–H groups in total. The number of methoxy groups -OCH3 is 1. The number of nitrogens with one attached hydrogen (secondary N) is 1. The van der Waals surface area contributed by atoms with Crippen molar-refractivity contribution >= 4 is 33.6 Å². The Kier molecular flexibility index (Phi) is 6.01. The van der Waals surface area contributed by atoms with Crippen molar-refractivity contribution in [3.8, 4) is 5.75 Å². The molecule has 1 fully saturated rings. The molecule has 1 saturated heterocycles. The first kappa shape index (κ1) is 19.2. The molecular formula is C20H22BrN3O3. The van der Waals surface area contributed by atoms with Crippen molar-refractivity contribution in [3.63, 3.8) is 0 Å². The van der Waals surface area contributed by atoms with Gasteiger partial charge in [-0.15, -0.1) is 0 Å². The zero-order chi connectivity index (χ0) is 19.4. The van der Waals surface area contributed by atoms with Crippen LogP contribution < -0.4 is 10.1 Å². The summed E-state index contributed by atoms with van der Waals surface area (Å²) in [6, 6.07) is 12.8. The van der Waals surface area contributed by atoms with Crippen molar-refractivity contribution in [2.24, 2.45) is 0 Å². The van der Waals surface area contributed by atoms with Crippen LogP contribution in [0.1, 0.15) is 15.9 Å². The number of halogens is 1. The molecule has 0 unspecified atom stereocenters. The Morgan fingerprint density at radius 2 is 1.67 bits per heavy atom. The number of urea groups is 1. The number of aryl methyl sites for hydroxylation is 1. The van der Waals surface area contributed by atoms with Crippen LogP contribution >= 0.6 is 15.9 Å². The van der Waals surface area contributed by atoms with E-state index in [2.05, 4.69) is 21.2 Å². The third-order valence-corrected chi connectivity index (χ3v) is 5.05. The summed E-state index contributed by atoms with van der Waals surface area (Å²) in [4.78, 5) is 28.7. The summed E-state index contributed by atoms with van der Waals surface area (Å²) in [6.07, 6.45) is 0. The minimum Gasteiger partial charge on any atom is -0.495 e. The van der Waals surface area contributed by atoms with Crippen LogP contribution in [0.3, 0.4) is 0 Å². The van der Waals surface area contributed by atoms with E-state index in [1.165, 1.54) is 0 Å². The predicted molar refractivity (Wildman–Crippen MR) is 108 cm³/mol. The summed E-state index contributed by atoms with van der Waals surface area (Å²) in [5.41, 5.74) is 2.24. The van der Waals surface area contributed by atoms with Gasteiger partial charge in [-0.1, -0.05) is 34.1 Å². The molecule has 3 rings (SSSR count). The van der Waals surface area contributed by atoms with Crippen LogP contribution in [-0.2, 0) is 0 Å². The van der Waals surface area contributed by atoms with Gasteiger partial charge in [0.15, 0.2) is 0 Å². The average molecular weight is 432 g/mol. The first-order chi connectivity index (χ1) is 13.0. The maximum absolute atomic E-state index is 12.7. The van der Waals surface area contributed by atoms with Gasteiger partial charge in [0.25, 0.3) is 5.91 Å². The monoisotopic (exact) mass is 431 g/mol. The van der Waals surface area contributed by atoms with E-state index in [4.69, 9.17) is 4.74 Å². The molecule has 0 atom stereocenters. The topological polar surface area (TPSA) is 61.9 Å². The summed E-state index contributed by atoms with van der Waals surface area (Å²) < 4.78 is 6.27. The second-order valence-electron chi connectivity index (χ2n) is 6.38. The molecule has 7 heteroatoms. The van der Waals surface area contributed by atoms with Gasteiger partial charge in [-0.2, -0.15) is 0 Å². The average Bonchev–Trinajstić information content (AvgIpc) is 2.69. The van der Waals surface area contributed by atoms with Crippen LogP contribution in [0.25, 0.3) is 0 Å². The van der Waals surface area contributed by atoms with Crippen LogP contribution in [0.4, 0.5) is 10.5 Å². The Morgan fingerprint density at radius 1 is 1.04 bits per heavy atom. The van der Waals surface area contributed by atoms with Crippen molar-refractivity contribution < 1.29 is 14.3 Å². The summed E-state index contributed by atoms with van der Waals surface area (Å²) in [6.45, 7) is 3.92. The number of carbonyl (C=O) groups excluding carboxylic acids is 2. The van der Waals surface area contributed by atoms with E-state index in [1.807, 2.05) is 49.4 Å². The van der Waals surface area contributed by atoms with Crippen molar-refractivity contribution in [2.45, 2.75) is 6.92 Å². The van der Waals surface area contributed by atoms with E-state index >= 15 is 0 Å². The number of hydrogen-bond acceptors (Lipinski definition) is 3. The highest BCUT2D eigenvalue weighted by Crippen LogP contribution is 2.32. The molecule has 1 heterocycles. The number of piperazine rings is 1. The van der Waals surface area contributed by atoms with Gasteiger partial charge in [-0.05, 0) is 36.8 Å². The molecule has 1 aliphatic rings. The Hall–Kier alpha value is -2.54. The molecule has 0 aromatic heterocycles. The minimum atomic E-state index is -0.189. The zero-order valence-corrected chi connectivity index (χ0v) is 17.0. The lowest BCUT2D eigenvalue weighted by Gasteiger charge is -2.35. The Balaban J connectivity index is 1.62. The summed E-state index contributed by atoms with van der Waals surface area (Å²) in [5.74, 6) is 0.606. The van der Waals surface area contributed by atoms with E-state index < -0.39 is 0 Å². The second kappa shape index (κ2) is 8.43. The highest BCUT2D eigenvalue weighted by atomic mass is 79.9. The lowest BCUT2D eigenvalue weighted by molar-refractivity contribution is 0.0671. The lowest BCUT2D eigenvalue weighted by atomic mass is 10.2. The third kappa shape index (κ3) is 4.42. The van der Waals surface area contributed by atoms with Crippen molar-refractivity contribution in [3.05, 3.63) is 58.1 Å². The minimum absolute atomic E-state index is 0.00100. The normalized spacial score (nSPS) is 14.0. The summed E-state index contributed by atoms with van der Waals surface area (Å²) >= 11 is 3.43. The van der Waals surface area contributed by atoms with Crippen LogP contribution in [0.2, 0.25) is 0 Å². The SMILES string of the molecule is COc1cc(Br)cc(C)c1NC(=O)N1CCN(C(=O)c2ccccc2)CC1. The molecular weight excluding hydrogens is 410 g/mol. The van der Waals surface area contributed by atoms with Gasteiger partial charge in [0.1, 0.15) is 5.75 Å². The van der Waals surface area contributed by atoms with Crippen LogP contribution in [0.5, 0.6) is 5.75 Å². The fraction of sp³-hybridized carbons (Fsp3) is 0.300. The third-order valence-electron chi connectivity index (χ3n) is 4.59. The first-order valence-electron chi connectivity index (χ1n) is 8.74. The molecule has 2 aromatic carbocycles. The maximum atomic E-state index is 12.7. The number of anilines is 1. The van der Waals surface area contributed by atoms with E-state index in [-0.39, 0.29) is 11.9 Å². The van der Waals surface area contributed by atoms with Gasteiger partial charge < -0.3 is 19.9 Å². The smallest absolute Gasteiger partial charge is 0.322 e. The summed E-state index contributed by atoms with van der Waals surface area (Å²) in [7, 11) is 1.57. The van der Waals surface area contributed by atoms with E-state index in [1.54, 1.807) is 16.9 Å². The van der Waals surface area contributed by atoms with Gasteiger partial charge in [0, 0.05) is 36.2 Å². The number of amides is 3. The Morgan fingerprint density at radius 3 is 2.30 bits per heavy atom. The first-order valence-corrected chi connectivity index (χ1v) is 9.53. The van der Waals surface area contributed by atoms with Gasteiger partial charge in [-0.25, -0.2) is 4.79 Å². The number of ether oxygens (including phenoxy) is 1. The van der Waals surface area contributed by atoms with Gasteiger partial charge >= 0.3 is 6.03 Å². The van der Waals surface area contributed by atoms with Crippen LogP contribution in [0, 0.1) is 6.92 Å². The second-order valence-corrected chi connectivity index (χ2v) is 7.29. The fourth-order valence-corrected chi connectivity index (χ4v) is 3.65. The summed E-state index contributed by atoms with van der Waals surface area (Å²) in [5, 5.41) is 2.94. The van der Waals surface area contributed by atoms with E-state index in [0.29, 0.717) is 43.2 Å². The van der Waals surface area contributed by atoms with Gasteiger partial charge in [-0.3, -0.25) is 4.79 Å². The van der Waals surface area contributed by atoms with Crippen LogP contribution in [0.15, 0.2) is 46.9 Å². The molecule has 27 heavy (non-hydrogen) atoms. The standard InChI is InChI=1S/C20H22BrN3O3/c1-14-12-16(21)13-17(27-2)18(14)22-20(26)24-10-8-23(9-11-24)19(25)15-6-4-3-5-7-15/h3-7,12-13H,8-11H2,1-2H3,(H,22,26). The number of rotatable bonds is 3. The number of hydrogen-bond donors (Lipinski definition) is 1. The van der Waals surface area contributed by atoms with Crippen LogP contribution in [-0.4, -0.2) is 55.0 Å². The largest absolute Gasteiger partial charge is 0.495 e. The molecule has 0 radical (unpaired) electrons. The number of benzene rings is 2. The quantitative estimate of drug-likeness (QED) is 0.804. The fourth-order valence-electron chi connectivity index (χ4n) is 3.10. The van der Waals surface area contributed by atoms with Crippen molar-refractivity contribution in [1.82, 2.24) is 9.80 Å². The molecule has 0 saturated carbocycles.